The predicted molar refractivity (Wildman–Crippen MR) is 91.3 cm³/mol. The largest absolute Gasteiger partial charge is 0.484 e. The molecule has 5 nitrogen and oxygen atoms in total. The highest BCUT2D eigenvalue weighted by Crippen LogP contribution is 2.19. The van der Waals surface area contributed by atoms with Gasteiger partial charge in [-0.25, -0.2) is 4.79 Å². The normalized spacial score (nSPS) is 10.5. The topological polar surface area (TPSA) is 68.5 Å². The molecule has 122 valence electrons. The van der Waals surface area contributed by atoms with Crippen molar-refractivity contribution in [1.29, 1.82) is 0 Å². The van der Waals surface area contributed by atoms with Gasteiger partial charge in [0.25, 0.3) is 5.91 Å². The van der Waals surface area contributed by atoms with Crippen LogP contribution in [0.2, 0.25) is 5.02 Å². The third-order valence-electron chi connectivity index (χ3n) is 3.34. The van der Waals surface area contributed by atoms with Gasteiger partial charge in [0.2, 0.25) is 0 Å². The lowest BCUT2D eigenvalue weighted by molar-refractivity contribution is -0.123. The summed E-state index contributed by atoms with van der Waals surface area (Å²) in [6.07, 6.45) is 0. The minimum absolute atomic E-state index is 0.136. The first-order valence-corrected chi connectivity index (χ1v) is 7.66. The van der Waals surface area contributed by atoms with Crippen LogP contribution < -0.4 is 15.7 Å². The van der Waals surface area contributed by atoms with Crippen LogP contribution in [0.4, 0.5) is 0 Å². The molecule has 3 aromatic rings. The molecule has 0 fully saturated rings. The van der Waals surface area contributed by atoms with Gasteiger partial charge in [-0.1, -0.05) is 23.7 Å². The second kappa shape index (κ2) is 7.19. The van der Waals surface area contributed by atoms with E-state index in [1.165, 1.54) is 6.07 Å². The number of ether oxygens (including phenoxy) is 1. The van der Waals surface area contributed by atoms with Gasteiger partial charge < -0.3 is 14.5 Å². The Morgan fingerprint density at radius 3 is 2.79 bits per heavy atom. The van der Waals surface area contributed by atoms with E-state index < -0.39 is 5.63 Å². The van der Waals surface area contributed by atoms with Crippen LogP contribution in [0.25, 0.3) is 11.0 Å². The first-order valence-electron chi connectivity index (χ1n) is 7.28. The molecule has 0 aliphatic heterocycles. The molecule has 1 aromatic heterocycles. The quantitative estimate of drug-likeness (QED) is 0.723. The Hall–Kier alpha value is -2.79. The lowest BCUT2D eigenvalue weighted by atomic mass is 10.2. The van der Waals surface area contributed by atoms with E-state index in [-0.39, 0.29) is 12.5 Å². The number of carbonyl (C=O) groups is 1. The van der Waals surface area contributed by atoms with Gasteiger partial charge in [0.1, 0.15) is 11.3 Å². The maximum atomic E-state index is 11.8. The van der Waals surface area contributed by atoms with Crippen LogP contribution in [0.1, 0.15) is 5.56 Å². The number of nitrogens with one attached hydrogen (secondary N) is 1. The Kier molecular flexibility index (Phi) is 4.82. The Labute approximate surface area is 142 Å². The van der Waals surface area contributed by atoms with Crippen molar-refractivity contribution < 1.29 is 13.9 Å². The number of carbonyl (C=O) groups excluding carboxylic acids is 1. The van der Waals surface area contributed by atoms with E-state index in [0.29, 0.717) is 22.9 Å². The molecule has 1 amide bonds. The monoisotopic (exact) mass is 343 g/mol. The molecule has 0 unspecified atom stereocenters. The van der Waals surface area contributed by atoms with Crippen LogP contribution in [-0.2, 0) is 11.3 Å². The summed E-state index contributed by atoms with van der Waals surface area (Å²) in [7, 11) is 0. The van der Waals surface area contributed by atoms with Crippen molar-refractivity contribution in [2.45, 2.75) is 6.54 Å². The molecule has 0 aliphatic rings. The number of hydrogen-bond acceptors (Lipinski definition) is 4. The van der Waals surface area contributed by atoms with Crippen molar-refractivity contribution >= 4 is 28.5 Å². The smallest absolute Gasteiger partial charge is 0.336 e. The highest BCUT2D eigenvalue weighted by molar-refractivity contribution is 6.30. The SMILES string of the molecule is O=C(COc1ccc2ccc(=O)oc2c1)NCc1cccc(Cl)c1. The number of rotatable bonds is 5. The van der Waals surface area contributed by atoms with Crippen molar-refractivity contribution in [1.82, 2.24) is 5.32 Å². The molecule has 3 rings (SSSR count). The van der Waals surface area contributed by atoms with Gasteiger partial charge in [-0.2, -0.15) is 0 Å². The van der Waals surface area contributed by atoms with Crippen LogP contribution in [0.5, 0.6) is 5.75 Å². The van der Waals surface area contributed by atoms with Crippen LogP contribution in [0.15, 0.2) is 63.8 Å². The molecule has 0 saturated heterocycles. The van der Waals surface area contributed by atoms with E-state index in [0.717, 1.165) is 10.9 Å². The van der Waals surface area contributed by atoms with Gasteiger partial charge >= 0.3 is 5.63 Å². The van der Waals surface area contributed by atoms with Gasteiger partial charge in [0, 0.05) is 29.1 Å². The lowest BCUT2D eigenvalue weighted by Gasteiger charge is -2.08. The van der Waals surface area contributed by atoms with E-state index in [2.05, 4.69) is 5.32 Å². The maximum Gasteiger partial charge on any atom is 0.336 e. The van der Waals surface area contributed by atoms with Crippen LogP contribution in [0.3, 0.4) is 0 Å². The van der Waals surface area contributed by atoms with E-state index in [9.17, 15) is 9.59 Å². The Balaban J connectivity index is 1.57. The zero-order valence-corrected chi connectivity index (χ0v) is 13.4. The molecule has 0 atom stereocenters. The molecule has 0 bridgehead atoms. The van der Waals surface area contributed by atoms with Crippen molar-refractivity contribution in [2.24, 2.45) is 0 Å². The van der Waals surface area contributed by atoms with Gasteiger partial charge in [0.15, 0.2) is 6.61 Å². The molecule has 0 spiro atoms. The second-order valence-electron chi connectivity index (χ2n) is 5.15. The average molecular weight is 344 g/mol. The summed E-state index contributed by atoms with van der Waals surface area (Å²) >= 11 is 5.89. The average Bonchev–Trinajstić information content (AvgIpc) is 2.58. The molecule has 24 heavy (non-hydrogen) atoms. The zero-order valence-electron chi connectivity index (χ0n) is 12.6. The fourth-order valence-electron chi connectivity index (χ4n) is 2.18. The third-order valence-corrected chi connectivity index (χ3v) is 3.58. The number of halogens is 1. The third kappa shape index (κ3) is 4.14. The van der Waals surface area contributed by atoms with Gasteiger partial charge in [-0.05, 0) is 35.9 Å². The van der Waals surface area contributed by atoms with Crippen molar-refractivity contribution in [3.63, 3.8) is 0 Å². The molecule has 0 radical (unpaired) electrons. The summed E-state index contributed by atoms with van der Waals surface area (Å²) in [5, 5.41) is 4.15. The van der Waals surface area contributed by atoms with Gasteiger partial charge in [0.05, 0.1) is 0 Å². The highest BCUT2D eigenvalue weighted by atomic mass is 35.5. The first kappa shape index (κ1) is 16.1. The van der Waals surface area contributed by atoms with E-state index in [1.807, 2.05) is 12.1 Å². The molecule has 6 heteroatoms. The lowest BCUT2D eigenvalue weighted by Crippen LogP contribution is -2.28. The van der Waals surface area contributed by atoms with Crippen LogP contribution >= 0.6 is 11.6 Å². The maximum absolute atomic E-state index is 11.8. The van der Waals surface area contributed by atoms with Crippen molar-refractivity contribution in [3.05, 3.63) is 75.6 Å². The number of amides is 1. The number of hydrogen-bond donors (Lipinski definition) is 1. The molecule has 0 aliphatic carbocycles. The summed E-state index contributed by atoms with van der Waals surface area (Å²) in [5.41, 5.74) is 0.890. The van der Waals surface area contributed by atoms with Crippen molar-refractivity contribution in [2.75, 3.05) is 6.61 Å². The minimum Gasteiger partial charge on any atom is -0.484 e. The summed E-state index contributed by atoms with van der Waals surface area (Å²) in [6.45, 7) is 0.235. The van der Waals surface area contributed by atoms with Crippen LogP contribution in [-0.4, -0.2) is 12.5 Å². The highest BCUT2D eigenvalue weighted by Gasteiger charge is 2.05. The fourth-order valence-corrected chi connectivity index (χ4v) is 2.39. The fraction of sp³-hybridized carbons (Fsp3) is 0.111. The molecular formula is C18H14ClNO4. The first-order chi connectivity index (χ1) is 11.6. The summed E-state index contributed by atoms with van der Waals surface area (Å²) in [6, 6.07) is 15.3. The Bertz CT molecular complexity index is 935. The van der Waals surface area contributed by atoms with E-state index >= 15 is 0 Å². The Morgan fingerprint density at radius 2 is 1.96 bits per heavy atom. The predicted octanol–water partition coefficient (Wildman–Crippen LogP) is 3.14. The van der Waals surface area contributed by atoms with Gasteiger partial charge in [-0.3, -0.25) is 4.79 Å². The molecule has 2 aromatic carbocycles. The standard InChI is InChI=1S/C18H14ClNO4/c19-14-3-1-2-12(8-14)10-20-17(21)11-23-15-6-4-13-5-7-18(22)24-16(13)9-15/h1-9H,10-11H2,(H,20,21). The molecule has 0 saturated carbocycles. The molecular weight excluding hydrogens is 330 g/mol. The summed E-state index contributed by atoms with van der Waals surface area (Å²) < 4.78 is 10.5. The Morgan fingerprint density at radius 1 is 1.12 bits per heavy atom. The van der Waals surface area contributed by atoms with E-state index in [1.54, 1.807) is 36.4 Å². The van der Waals surface area contributed by atoms with Crippen molar-refractivity contribution in [3.8, 4) is 5.75 Å². The minimum atomic E-state index is -0.432. The molecule has 1 N–H and O–H groups in total. The van der Waals surface area contributed by atoms with E-state index in [4.69, 9.17) is 20.8 Å². The second-order valence-corrected chi connectivity index (χ2v) is 5.59. The number of benzene rings is 2. The van der Waals surface area contributed by atoms with Crippen LogP contribution in [0, 0.1) is 0 Å². The molecule has 1 heterocycles. The number of fused-ring (bicyclic) bond motifs is 1. The zero-order chi connectivity index (χ0) is 16.9. The van der Waals surface area contributed by atoms with Gasteiger partial charge in [-0.15, -0.1) is 0 Å². The summed E-state index contributed by atoms with van der Waals surface area (Å²) in [4.78, 5) is 23.1. The summed E-state index contributed by atoms with van der Waals surface area (Å²) in [5.74, 6) is 0.194.